The molecule has 4 heteroatoms. The molecule has 18 heavy (non-hydrogen) atoms. The normalized spacial score (nSPS) is 23.7. The van der Waals surface area contributed by atoms with Crippen LogP contribution in [-0.4, -0.2) is 26.4 Å². The molecule has 1 saturated carbocycles. The molecule has 1 fully saturated rings. The molecule has 0 amide bonds. The first kappa shape index (κ1) is 13.5. The van der Waals surface area contributed by atoms with Crippen LogP contribution in [0, 0.1) is 0 Å². The van der Waals surface area contributed by atoms with Gasteiger partial charge < -0.3 is 14.8 Å². The molecule has 0 heterocycles. The third-order valence-corrected chi connectivity index (χ3v) is 3.84. The van der Waals surface area contributed by atoms with E-state index in [9.17, 15) is 0 Å². The SMILES string of the molecule is COc1cc(NC2CCC(OC)CC2)ccc1Cl. The summed E-state index contributed by atoms with van der Waals surface area (Å²) >= 11 is 6.01. The Balaban J connectivity index is 1.94. The Bertz CT molecular complexity index is 389. The van der Waals surface area contributed by atoms with Crippen molar-refractivity contribution in [2.45, 2.75) is 37.8 Å². The molecule has 1 N–H and O–H groups in total. The highest BCUT2D eigenvalue weighted by atomic mass is 35.5. The van der Waals surface area contributed by atoms with Crippen LogP contribution in [0.15, 0.2) is 18.2 Å². The minimum Gasteiger partial charge on any atom is -0.495 e. The number of anilines is 1. The van der Waals surface area contributed by atoms with Crippen LogP contribution in [0.1, 0.15) is 25.7 Å². The maximum absolute atomic E-state index is 6.01. The first-order valence-electron chi connectivity index (χ1n) is 6.36. The molecule has 0 saturated heterocycles. The predicted molar refractivity (Wildman–Crippen MR) is 74.7 cm³/mol. The van der Waals surface area contributed by atoms with E-state index < -0.39 is 0 Å². The highest BCUT2D eigenvalue weighted by Crippen LogP contribution is 2.29. The zero-order chi connectivity index (χ0) is 13.0. The Kier molecular flexibility index (Phi) is 4.72. The molecule has 0 bridgehead atoms. The standard InChI is InChI=1S/C14H20ClNO2/c1-17-12-6-3-10(4-7-12)16-11-5-8-13(15)14(9-11)18-2/h5,8-10,12,16H,3-4,6-7H2,1-2H3. The number of benzene rings is 1. The lowest BCUT2D eigenvalue weighted by atomic mass is 9.93. The number of rotatable bonds is 4. The van der Waals surface area contributed by atoms with E-state index in [0.717, 1.165) is 31.4 Å². The first-order valence-corrected chi connectivity index (χ1v) is 6.73. The maximum atomic E-state index is 6.01. The second-order valence-corrected chi connectivity index (χ2v) is 5.11. The molecule has 1 aliphatic carbocycles. The number of halogens is 1. The van der Waals surface area contributed by atoms with Crippen molar-refractivity contribution in [3.8, 4) is 5.75 Å². The van der Waals surface area contributed by atoms with Gasteiger partial charge in [0.1, 0.15) is 5.75 Å². The Morgan fingerprint density at radius 2 is 1.89 bits per heavy atom. The minimum atomic E-state index is 0.433. The maximum Gasteiger partial charge on any atom is 0.139 e. The fourth-order valence-electron chi connectivity index (χ4n) is 2.43. The molecule has 0 atom stereocenters. The number of hydrogen-bond donors (Lipinski definition) is 1. The molecule has 0 aromatic heterocycles. The third-order valence-electron chi connectivity index (χ3n) is 3.53. The largest absolute Gasteiger partial charge is 0.495 e. The van der Waals surface area contributed by atoms with Crippen molar-refractivity contribution in [2.75, 3.05) is 19.5 Å². The highest BCUT2D eigenvalue weighted by Gasteiger charge is 2.20. The number of methoxy groups -OCH3 is 2. The first-order chi connectivity index (χ1) is 8.72. The Labute approximate surface area is 113 Å². The van der Waals surface area contributed by atoms with Crippen LogP contribution >= 0.6 is 11.6 Å². The molecular formula is C14H20ClNO2. The average molecular weight is 270 g/mol. The van der Waals surface area contributed by atoms with Crippen molar-refractivity contribution in [3.63, 3.8) is 0 Å². The molecule has 100 valence electrons. The van der Waals surface area contributed by atoms with Crippen molar-refractivity contribution in [1.82, 2.24) is 0 Å². The van der Waals surface area contributed by atoms with Crippen molar-refractivity contribution in [3.05, 3.63) is 23.2 Å². The van der Waals surface area contributed by atoms with E-state index in [4.69, 9.17) is 21.1 Å². The van der Waals surface area contributed by atoms with Gasteiger partial charge in [0.05, 0.1) is 18.2 Å². The highest BCUT2D eigenvalue weighted by molar-refractivity contribution is 6.32. The smallest absolute Gasteiger partial charge is 0.139 e. The minimum absolute atomic E-state index is 0.433. The van der Waals surface area contributed by atoms with Crippen molar-refractivity contribution in [1.29, 1.82) is 0 Å². The second kappa shape index (κ2) is 6.30. The Hall–Kier alpha value is -0.930. The van der Waals surface area contributed by atoms with Gasteiger partial charge >= 0.3 is 0 Å². The molecule has 2 rings (SSSR count). The van der Waals surface area contributed by atoms with E-state index in [2.05, 4.69) is 5.32 Å². The van der Waals surface area contributed by atoms with E-state index in [-0.39, 0.29) is 0 Å². The van der Waals surface area contributed by atoms with E-state index in [1.807, 2.05) is 18.2 Å². The lowest BCUT2D eigenvalue weighted by molar-refractivity contribution is 0.0682. The molecule has 3 nitrogen and oxygen atoms in total. The van der Waals surface area contributed by atoms with Crippen LogP contribution < -0.4 is 10.1 Å². The molecule has 0 radical (unpaired) electrons. The van der Waals surface area contributed by atoms with Gasteiger partial charge in [-0.2, -0.15) is 0 Å². The summed E-state index contributed by atoms with van der Waals surface area (Å²) in [6, 6.07) is 6.32. The summed E-state index contributed by atoms with van der Waals surface area (Å²) in [5.41, 5.74) is 1.07. The van der Waals surface area contributed by atoms with E-state index in [0.29, 0.717) is 22.9 Å². The van der Waals surface area contributed by atoms with Gasteiger partial charge in [0.2, 0.25) is 0 Å². The molecule has 0 aliphatic heterocycles. The van der Waals surface area contributed by atoms with Crippen LogP contribution in [0.5, 0.6) is 5.75 Å². The molecule has 0 spiro atoms. The predicted octanol–water partition coefficient (Wildman–Crippen LogP) is 3.72. The topological polar surface area (TPSA) is 30.5 Å². The van der Waals surface area contributed by atoms with Gasteiger partial charge in [-0.25, -0.2) is 0 Å². The molecular weight excluding hydrogens is 250 g/mol. The fraction of sp³-hybridized carbons (Fsp3) is 0.571. The van der Waals surface area contributed by atoms with Gasteiger partial charge in [-0.3, -0.25) is 0 Å². The summed E-state index contributed by atoms with van der Waals surface area (Å²) in [5.74, 6) is 0.715. The Morgan fingerprint density at radius 1 is 1.17 bits per heavy atom. The lowest BCUT2D eigenvalue weighted by Gasteiger charge is -2.29. The van der Waals surface area contributed by atoms with E-state index >= 15 is 0 Å². The number of ether oxygens (including phenoxy) is 2. The quantitative estimate of drug-likeness (QED) is 0.904. The Morgan fingerprint density at radius 3 is 2.50 bits per heavy atom. The number of hydrogen-bond acceptors (Lipinski definition) is 3. The molecule has 1 aromatic rings. The fourth-order valence-corrected chi connectivity index (χ4v) is 2.62. The monoisotopic (exact) mass is 269 g/mol. The van der Waals surface area contributed by atoms with Gasteiger partial charge in [0.15, 0.2) is 0 Å². The van der Waals surface area contributed by atoms with E-state index in [1.165, 1.54) is 0 Å². The van der Waals surface area contributed by atoms with Crippen LogP contribution in [0.4, 0.5) is 5.69 Å². The lowest BCUT2D eigenvalue weighted by Crippen LogP contribution is -2.29. The van der Waals surface area contributed by atoms with Gasteiger partial charge in [0, 0.05) is 24.9 Å². The van der Waals surface area contributed by atoms with Crippen molar-refractivity contribution in [2.24, 2.45) is 0 Å². The van der Waals surface area contributed by atoms with Crippen LogP contribution in [0.25, 0.3) is 0 Å². The van der Waals surface area contributed by atoms with Crippen LogP contribution in [0.2, 0.25) is 5.02 Å². The summed E-state index contributed by atoms with van der Waals surface area (Å²) in [4.78, 5) is 0. The van der Waals surface area contributed by atoms with Gasteiger partial charge in [0.25, 0.3) is 0 Å². The number of nitrogens with one attached hydrogen (secondary N) is 1. The summed E-state index contributed by atoms with van der Waals surface area (Å²) in [7, 11) is 3.43. The van der Waals surface area contributed by atoms with Crippen LogP contribution in [0.3, 0.4) is 0 Å². The van der Waals surface area contributed by atoms with Gasteiger partial charge in [-0.15, -0.1) is 0 Å². The van der Waals surface area contributed by atoms with E-state index in [1.54, 1.807) is 14.2 Å². The third kappa shape index (κ3) is 3.30. The molecule has 0 unspecified atom stereocenters. The molecule has 1 aromatic carbocycles. The summed E-state index contributed by atoms with van der Waals surface area (Å²) in [5, 5.41) is 4.18. The second-order valence-electron chi connectivity index (χ2n) is 4.70. The summed E-state index contributed by atoms with van der Waals surface area (Å²) in [6.07, 6.45) is 4.97. The summed E-state index contributed by atoms with van der Waals surface area (Å²) < 4.78 is 10.6. The van der Waals surface area contributed by atoms with Crippen molar-refractivity contribution < 1.29 is 9.47 Å². The van der Waals surface area contributed by atoms with Gasteiger partial charge in [-0.05, 0) is 37.8 Å². The average Bonchev–Trinajstić information content (AvgIpc) is 2.42. The van der Waals surface area contributed by atoms with Gasteiger partial charge in [-0.1, -0.05) is 11.6 Å². The zero-order valence-electron chi connectivity index (χ0n) is 10.9. The summed E-state index contributed by atoms with van der Waals surface area (Å²) in [6.45, 7) is 0. The van der Waals surface area contributed by atoms with Crippen molar-refractivity contribution >= 4 is 17.3 Å². The zero-order valence-corrected chi connectivity index (χ0v) is 11.7. The van der Waals surface area contributed by atoms with Crippen LogP contribution in [-0.2, 0) is 4.74 Å². The molecule has 1 aliphatic rings.